The Balaban J connectivity index is 1.42. The summed E-state index contributed by atoms with van der Waals surface area (Å²) in [5, 5.41) is 16.2. The molecule has 1 aliphatic heterocycles. The highest BCUT2D eigenvalue weighted by atomic mass is 35.5. The van der Waals surface area contributed by atoms with E-state index in [1.807, 2.05) is 78.1 Å². The number of rotatable bonds is 3. The minimum absolute atomic E-state index is 0.602. The van der Waals surface area contributed by atoms with Crippen LogP contribution in [0, 0.1) is 0 Å². The summed E-state index contributed by atoms with van der Waals surface area (Å²) in [5.74, 6) is 0. The molecule has 0 amide bonds. The third-order valence-electron chi connectivity index (χ3n) is 8.02. The summed E-state index contributed by atoms with van der Waals surface area (Å²) in [6.45, 7) is 0. The molecule has 0 aliphatic carbocycles. The molecule has 1 N–H and O–H groups in total. The first kappa shape index (κ1) is 24.9. The van der Waals surface area contributed by atoms with Gasteiger partial charge in [-0.05, 0) is 58.7 Å². The molecule has 41 heavy (non-hydrogen) atoms. The fourth-order valence-corrected chi connectivity index (χ4v) is 8.75. The zero-order chi connectivity index (χ0) is 27.6. The summed E-state index contributed by atoms with van der Waals surface area (Å²) >= 11 is 10.4. The Hall–Kier alpha value is -3.86. The lowest BCUT2D eigenvalue weighted by Gasteiger charge is -2.38. The highest BCUT2D eigenvalue weighted by Gasteiger charge is 2.43. The molecule has 1 nitrogen and oxygen atoms in total. The Morgan fingerprint density at radius 2 is 1.24 bits per heavy atom. The van der Waals surface area contributed by atoms with E-state index < -0.39 is 5.60 Å². The summed E-state index contributed by atoms with van der Waals surface area (Å²) in [6.07, 6.45) is 0. The van der Waals surface area contributed by atoms with Gasteiger partial charge in [-0.15, -0.1) is 11.3 Å². The summed E-state index contributed by atoms with van der Waals surface area (Å²) < 4.78 is 2.54. The van der Waals surface area contributed by atoms with Gasteiger partial charge in [-0.3, -0.25) is 0 Å². The average molecular weight is 583 g/mol. The van der Waals surface area contributed by atoms with Gasteiger partial charge in [-0.25, -0.2) is 0 Å². The topological polar surface area (TPSA) is 20.2 Å². The van der Waals surface area contributed by atoms with Crippen LogP contribution in [0.25, 0.3) is 42.4 Å². The lowest BCUT2D eigenvalue weighted by atomic mass is 9.76. The van der Waals surface area contributed by atoms with Crippen LogP contribution >= 0.6 is 34.7 Å². The van der Waals surface area contributed by atoms with E-state index >= 15 is 0 Å². The van der Waals surface area contributed by atoms with Crippen molar-refractivity contribution < 1.29 is 5.11 Å². The molecule has 7 aromatic rings. The van der Waals surface area contributed by atoms with Gasteiger partial charge in [0.2, 0.25) is 0 Å². The highest BCUT2D eigenvalue weighted by molar-refractivity contribution is 7.99. The normalized spacial score (nSPS) is 16.0. The Morgan fingerprint density at radius 3 is 2.12 bits per heavy atom. The van der Waals surface area contributed by atoms with Crippen molar-refractivity contribution in [3.8, 4) is 22.3 Å². The van der Waals surface area contributed by atoms with Crippen LogP contribution in [0.3, 0.4) is 0 Å². The molecule has 1 aromatic heterocycles. The van der Waals surface area contributed by atoms with Crippen LogP contribution in [0.2, 0.25) is 5.02 Å². The molecule has 4 heteroatoms. The van der Waals surface area contributed by atoms with E-state index in [0.29, 0.717) is 5.02 Å². The number of hydrogen-bond acceptors (Lipinski definition) is 3. The van der Waals surface area contributed by atoms with E-state index in [9.17, 15) is 5.11 Å². The van der Waals surface area contributed by atoms with Crippen LogP contribution in [0.1, 0.15) is 16.7 Å². The molecule has 0 saturated carbocycles. The van der Waals surface area contributed by atoms with Crippen LogP contribution in [0.4, 0.5) is 0 Å². The summed E-state index contributed by atoms with van der Waals surface area (Å²) in [7, 11) is 0. The monoisotopic (exact) mass is 582 g/mol. The molecular formula is C37H23ClOS2. The van der Waals surface area contributed by atoms with Gasteiger partial charge in [0, 0.05) is 51.7 Å². The zero-order valence-electron chi connectivity index (χ0n) is 21.8. The first-order chi connectivity index (χ1) is 20.1. The van der Waals surface area contributed by atoms with E-state index in [1.165, 1.54) is 20.2 Å². The second-order valence-corrected chi connectivity index (χ2v) is 12.9. The minimum atomic E-state index is -1.40. The van der Waals surface area contributed by atoms with Crippen molar-refractivity contribution in [2.24, 2.45) is 0 Å². The lowest BCUT2D eigenvalue weighted by Crippen LogP contribution is -2.33. The Labute approximate surface area is 251 Å². The maximum atomic E-state index is 13.1. The van der Waals surface area contributed by atoms with Gasteiger partial charge in [-0.2, -0.15) is 0 Å². The van der Waals surface area contributed by atoms with Crippen molar-refractivity contribution in [2.75, 3.05) is 0 Å². The zero-order valence-corrected chi connectivity index (χ0v) is 24.2. The molecule has 2 heterocycles. The van der Waals surface area contributed by atoms with Crippen molar-refractivity contribution in [2.45, 2.75) is 15.4 Å². The largest absolute Gasteiger partial charge is 0.376 e. The standard InChI is InChI=1S/C37H23ClOS2/c38-25-21-28(24-18-19-34-29(20-24)27-13-5-8-16-33(27)40-34)36-32(22-25)37(39,31-15-7-9-17-35(31)41-36)30-14-6-4-12-26(30)23-10-2-1-3-11-23/h1-22,39H. The molecule has 0 saturated heterocycles. The molecule has 1 aliphatic rings. The molecule has 196 valence electrons. The number of thiophene rings is 1. The van der Waals surface area contributed by atoms with Crippen LogP contribution in [-0.2, 0) is 5.60 Å². The maximum Gasteiger partial charge on any atom is 0.143 e. The molecule has 0 fully saturated rings. The lowest BCUT2D eigenvalue weighted by molar-refractivity contribution is 0.119. The SMILES string of the molecule is OC1(c2ccccc2-c2ccccc2)c2ccccc2Sc2c(-c3ccc4sc5ccccc5c4c3)cc(Cl)cc21. The van der Waals surface area contributed by atoms with Gasteiger partial charge < -0.3 is 5.11 Å². The molecular weight excluding hydrogens is 560 g/mol. The molecule has 0 spiro atoms. The average Bonchev–Trinajstić information content (AvgIpc) is 3.40. The van der Waals surface area contributed by atoms with Gasteiger partial charge in [0.15, 0.2) is 0 Å². The first-order valence-corrected chi connectivity index (χ1v) is 15.5. The Bertz CT molecular complexity index is 2110. The number of aliphatic hydroxyl groups is 1. The molecule has 6 aromatic carbocycles. The third kappa shape index (κ3) is 3.88. The number of benzene rings is 6. The van der Waals surface area contributed by atoms with Crippen molar-refractivity contribution in [3.05, 3.63) is 155 Å². The van der Waals surface area contributed by atoms with Gasteiger partial charge in [0.25, 0.3) is 0 Å². The summed E-state index contributed by atoms with van der Waals surface area (Å²) in [4.78, 5) is 2.06. The molecule has 8 rings (SSSR count). The van der Waals surface area contributed by atoms with Crippen LogP contribution < -0.4 is 0 Å². The summed E-state index contributed by atoms with van der Waals surface area (Å²) in [5.41, 5.74) is 5.29. The molecule has 0 bridgehead atoms. The smallest absolute Gasteiger partial charge is 0.143 e. The fourth-order valence-electron chi connectivity index (χ4n) is 6.15. The van der Waals surface area contributed by atoms with Crippen LogP contribution in [0.5, 0.6) is 0 Å². The van der Waals surface area contributed by atoms with Crippen molar-refractivity contribution in [1.29, 1.82) is 0 Å². The predicted molar refractivity (Wildman–Crippen MR) is 174 cm³/mol. The van der Waals surface area contributed by atoms with Gasteiger partial charge in [-0.1, -0.05) is 120 Å². The Kier molecular flexibility index (Phi) is 5.84. The second-order valence-electron chi connectivity index (χ2n) is 10.4. The molecule has 1 unspecified atom stereocenters. The van der Waals surface area contributed by atoms with Gasteiger partial charge in [0.1, 0.15) is 5.60 Å². The first-order valence-electron chi connectivity index (χ1n) is 13.5. The van der Waals surface area contributed by atoms with Gasteiger partial charge in [0.05, 0.1) is 0 Å². The van der Waals surface area contributed by atoms with Gasteiger partial charge >= 0.3 is 0 Å². The second kappa shape index (κ2) is 9.61. The van der Waals surface area contributed by atoms with Crippen molar-refractivity contribution >= 4 is 54.9 Å². The molecule has 1 atom stereocenters. The van der Waals surface area contributed by atoms with E-state index in [-0.39, 0.29) is 0 Å². The van der Waals surface area contributed by atoms with E-state index in [1.54, 1.807) is 11.8 Å². The van der Waals surface area contributed by atoms with Crippen LogP contribution in [0.15, 0.2) is 143 Å². The fraction of sp³-hybridized carbons (Fsp3) is 0.0270. The number of fused-ring (bicyclic) bond motifs is 5. The minimum Gasteiger partial charge on any atom is -0.376 e. The predicted octanol–water partition coefficient (Wildman–Crippen LogP) is 10.8. The quantitative estimate of drug-likeness (QED) is 0.223. The number of hydrogen-bond donors (Lipinski definition) is 1. The van der Waals surface area contributed by atoms with Crippen molar-refractivity contribution in [3.63, 3.8) is 0 Å². The number of halogens is 1. The van der Waals surface area contributed by atoms with E-state index in [2.05, 4.69) is 66.7 Å². The van der Waals surface area contributed by atoms with Crippen molar-refractivity contribution in [1.82, 2.24) is 0 Å². The Morgan fingerprint density at radius 1 is 0.537 bits per heavy atom. The highest BCUT2D eigenvalue weighted by Crippen LogP contribution is 2.56. The summed E-state index contributed by atoms with van der Waals surface area (Å²) in [6, 6.07) is 45.8. The van der Waals surface area contributed by atoms with Crippen LogP contribution in [-0.4, -0.2) is 5.11 Å². The van der Waals surface area contributed by atoms with E-state index in [4.69, 9.17) is 11.6 Å². The maximum absolute atomic E-state index is 13.1. The third-order valence-corrected chi connectivity index (χ3v) is 10.6. The molecule has 0 radical (unpaired) electrons. The van der Waals surface area contributed by atoms with E-state index in [0.717, 1.165) is 48.7 Å².